The minimum Gasteiger partial charge on any atom is -0.393 e. The van der Waals surface area contributed by atoms with Crippen LogP contribution in [-0.4, -0.2) is 50.5 Å². The lowest BCUT2D eigenvalue weighted by Gasteiger charge is -2.25. The number of methoxy groups -OCH3 is 2. The van der Waals surface area contributed by atoms with E-state index >= 15 is 0 Å². The number of aromatic nitrogens is 2. The molecule has 0 saturated heterocycles. The largest absolute Gasteiger partial charge is 0.393 e. The zero-order valence-electron chi connectivity index (χ0n) is 13.8. The van der Waals surface area contributed by atoms with Gasteiger partial charge in [-0.1, -0.05) is 23.7 Å². The highest BCUT2D eigenvalue weighted by molar-refractivity contribution is 6.33. The van der Waals surface area contributed by atoms with Crippen LogP contribution in [0.15, 0.2) is 30.6 Å². The highest BCUT2D eigenvalue weighted by Crippen LogP contribution is 2.30. The SMILES string of the molecule is COCCN(CCOC)c1ncnc(Nc2ccccc2Cl)c1N. The van der Waals surface area contributed by atoms with Crippen molar-refractivity contribution in [2.45, 2.75) is 0 Å². The lowest BCUT2D eigenvalue weighted by Crippen LogP contribution is -2.32. The van der Waals surface area contributed by atoms with Gasteiger partial charge in [-0.15, -0.1) is 0 Å². The summed E-state index contributed by atoms with van der Waals surface area (Å²) in [4.78, 5) is 10.5. The van der Waals surface area contributed by atoms with E-state index in [1.54, 1.807) is 20.3 Å². The summed E-state index contributed by atoms with van der Waals surface area (Å²) >= 11 is 6.18. The topological polar surface area (TPSA) is 85.5 Å². The Hall–Kier alpha value is -2.09. The Labute approximate surface area is 146 Å². The quantitative estimate of drug-likeness (QED) is 0.718. The molecular formula is C16H22ClN5O2. The van der Waals surface area contributed by atoms with Gasteiger partial charge in [0.25, 0.3) is 0 Å². The molecule has 8 heteroatoms. The normalized spacial score (nSPS) is 10.6. The molecule has 0 aliphatic heterocycles. The number of hydrogen-bond donors (Lipinski definition) is 2. The van der Waals surface area contributed by atoms with Crippen LogP contribution in [-0.2, 0) is 9.47 Å². The molecule has 0 saturated carbocycles. The second-order valence-electron chi connectivity index (χ2n) is 5.04. The third-order valence-electron chi connectivity index (χ3n) is 3.42. The van der Waals surface area contributed by atoms with Gasteiger partial charge >= 0.3 is 0 Å². The van der Waals surface area contributed by atoms with Crippen molar-refractivity contribution in [2.24, 2.45) is 0 Å². The fraction of sp³-hybridized carbons (Fsp3) is 0.375. The molecule has 0 bridgehead atoms. The van der Waals surface area contributed by atoms with Crippen molar-refractivity contribution in [1.29, 1.82) is 0 Å². The molecule has 0 aliphatic rings. The first-order valence-electron chi connectivity index (χ1n) is 7.52. The average Bonchev–Trinajstić information content (AvgIpc) is 2.59. The van der Waals surface area contributed by atoms with Crippen LogP contribution in [0.4, 0.5) is 23.0 Å². The molecule has 130 valence electrons. The maximum atomic E-state index is 6.27. The first-order chi connectivity index (χ1) is 11.7. The Balaban J connectivity index is 2.26. The Morgan fingerprint density at radius 2 is 1.79 bits per heavy atom. The first kappa shape index (κ1) is 18.3. The fourth-order valence-corrected chi connectivity index (χ4v) is 2.34. The number of rotatable bonds is 9. The maximum absolute atomic E-state index is 6.27. The Kier molecular flexibility index (Phi) is 7.05. The number of nitrogens with one attached hydrogen (secondary N) is 1. The van der Waals surface area contributed by atoms with Crippen molar-refractivity contribution in [3.63, 3.8) is 0 Å². The number of nitrogen functional groups attached to an aromatic ring is 1. The van der Waals surface area contributed by atoms with E-state index in [4.69, 9.17) is 26.8 Å². The first-order valence-corrected chi connectivity index (χ1v) is 7.90. The molecule has 3 N–H and O–H groups in total. The molecule has 1 aromatic heterocycles. The van der Waals surface area contributed by atoms with Gasteiger partial charge in [-0.25, -0.2) is 9.97 Å². The second kappa shape index (κ2) is 9.27. The van der Waals surface area contributed by atoms with Crippen molar-refractivity contribution in [2.75, 3.05) is 56.5 Å². The Morgan fingerprint density at radius 3 is 2.42 bits per heavy atom. The maximum Gasteiger partial charge on any atom is 0.159 e. The van der Waals surface area contributed by atoms with Crippen LogP contribution < -0.4 is 16.0 Å². The summed E-state index contributed by atoms with van der Waals surface area (Å²) in [7, 11) is 3.31. The minimum atomic E-state index is 0.449. The molecule has 0 unspecified atom stereocenters. The van der Waals surface area contributed by atoms with Gasteiger partial charge in [-0.2, -0.15) is 0 Å². The molecule has 24 heavy (non-hydrogen) atoms. The number of anilines is 4. The molecule has 7 nitrogen and oxygen atoms in total. The van der Waals surface area contributed by atoms with E-state index in [0.29, 0.717) is 48.6 Å². The highest BCUT2D eigenvalue weighted by Gasteiger charge is 2.15. The van der Waals surface area contributed by atoms with E-state index in [-0.39, 0.29) is 0 Å². The van der Waals surface area contributed by atoms with Crippen LogP contribution in [0.3, 0.4) is 0 Å². The third kappa shape index (κ3) is 4.70. The number of benzene rings is 1. The van der Waals surface area contributed by atoms with Crippen LogP contribution in [0.2, 0.25) is 5.02 Å². The van der Waals surface area contributed by atoms with E-state index in [0.717, 1.165) is 5.69 Å². The van der Waals surface area contributed by atoms with Crippen molar-refractivity contribution in [1.82, 2.24) is 9.97 Å². The van der Waals surface area contributed by atoms with Crippen molar-refractivity contribution < 1.29 is 9.47 Å². The smallest absolute Gasteiger partial charge is 0.159 e. The van der Waals surface area contributed by atoms with E-state index in [1.807, 2.05) is 23.1 Å². The molecule has 0 spiro atoms. The summed E-state index contributed by atoms with van der Waals surface area (Å²) < 4.78 is 10.3. The molecule has 2 rings (SSSR count). The Bertz CT molecular complexity index is 648. The van der Waals surface area contributed by atoms with Gasteiger partial charge in [0.15, 0.2) is 11.6 Å². The van der Waals surface area contributed by atoms with Gasteiger partial charge in [0.2, 0.25) is 0 Å². The summed E-state index contributed by atoms with van der Waals surface area (Å²) in [6.07, 6.45) is 1.47. The number of nitrogens with zero attached hydrogens (tertiary/aromatic N) is 3. The standard InChI is InChI=1S/C16H22ClN5O2/c1-23-9-7-22(8-10-24-2)16-14(18)15(19-11-20-16)21-13-6-4-3-5-12(13)17/h3-6,11H,7-10,18H2,1-2H3,(H,19,20,21). The minimum absolute atomic E-state index is 0.449. The third-order valence-corrected chi connectivity index (χ3v) is 3.75. The zero-order chi connectivity index (χ0) is 17.4. The molecule has 0 aliphatic carbocycles. The predicted octanol–water partition coefficient (Wildman–Crippen LogP) is 2.55. The van der Waals surface area contributed by atoms with Crippen LogP contribution in [0, 0.1) is 0 Å². The lowest BCUT2D eigenvalue weighted by atomic mass is 10.3. The van der Waals surface area contributed by atoms with Gasteiger partial charge in [0.05, 0.1) is 23.9 Å². The Morgan fingerprint density at radius 1 is 1.12 bits per heavy atom. The van der Waals surface area contributed by atoms with Gasteiger partial charge in [-0.3, -0.25) is 0 Å². The fourth-order valence-electron chi connectivity index (χ4n) is 2.15. The summed E-state index contributed by atoms with van der Waals surface area (Å²) in [5.74, 6) is 1.14. The number of hydrogen-bond acceptors (Lipinski definition) is 7. The van der Waals surface area contributed by atoms with Crippen LogP contribution in [0.1, 0.15) is 0 Å². The average molecular weight is 352 g/mol. The van der Waals surface area contributed by atoms with Crippen LogP contribution in [0.25, 0.3) is 0 Å². The molecular weight excluding hydrogens is 330 g/mol. The number of halogens is 1. The van der Waals surface area contributed by atoms with Crippen LogP contribution >= 0.6 is 11.6 Å². The van der Waals surface area contributed by atoms with Gasteiger partial charge in [0, 0.05) is 27.3 Å². The summed E-state index contributed by atoms with van der Waals surface area (Å²) in [6.45, 7) is 2.40. The van der Waals surface area contributed by atoms with E-state index < -0.39 is 0 Å². The molecule has 2 aromatic rings. The summed E-state index contributed by atoms with van der Waals surface area (Å²) in [5.41, 5.74) is 7.45. The van der Waals surface area contributed by atoms with Crippen LogP contribution in [0.5, 0.6) is 0 Å². The number of ether oxygens (including phenoxy) is 2. The highest BCUT2D eigenvalue weighted by atomic mass is 35.5. The molecule has 0 amide bonds. The monoisotopic (exact) mass is 351 g/mol. The molecule has 1 aromatic carbocycles. The van der Waals surface area contributed by atoms with Crippen molar-refractivity contribution in [3.05, 3.63) is 35.6 Å². The lowest BCUT2D eigenvalue weighted by molar-refractivity contribution is 0.190. The molecule has 0 fully saturated rings. The predicted molar refractivity (Wildman–Crippen MR) is 97.1 cm³/mol. The van der Waals surface area contributed by atoms with Crippen molar-refractivity contribution in [3.8, 4) is 0 Å². The zero-order valence-corrected chi connectivity index (χ0v) is 14.6. The van der Waals surface area contributed by atoms with Crippen molar-refractivity contribution >= 4 is 34.6 Å². The van der Waals surface area contributed by atoms with E-state index in [2.05, 4.69) is 15.3 Å². The second-order valence-corrected chi connectivity index (χ2v) is 5.44. The molecule has 1 heterocycles. The van der Waals surface area contributed by atoms with Gasteiger partial charge in [-0.05, 0) is 12.1 Å². The molecule has 0 atom stereocenters. The summed E-state index contributed by atoms with van der Waals surface area (Å²) in [6, 6.07) is 7.40. The van der Waals surface area contributed by atoms with E-state index in [9.17, 15) is 0 Å². The summed E-state index contributed by atoms with van der Waals surface area (Å²) in [5, 5.41) is 3.74. The number of para-hydroxylation sites is 1. The van der Waals surface area contributed by atoms with Gasteiger partial charge < -0.3 is 25.4 Å². The molecule has 0 radical (unpaired) electrons. The number of nitrogens with two attached hydrogens (primary N) is 1. The van der Waals surface area contributed by atoms with Gasteiger partial charge in [0.1, 0.15) is 12.0 Å². The van der Waals surface area contributed by atoms with E-state index in [1.165, 1.54) is 6.33 Å².